The Labute approximate surface area is 112 Å². The fourth-order valence-corrected chi connectivity index (χ4v) is 2.04. The van der Waals surface area contributed by atoms with Crippen molar-refractivity contribution >= 4 is 5.91 Å². The van der Waals surface area contributed by atoms with Gasteiger partial charge in [-0.25, -0.2) is 0 Å². The Morgan fingerprint density at radius 3 is 2.39 bits per heavy atom. The molecule has 0 aliphatic heterocycles. The Balaban J connectivity index is 4.12. The quantitative estimate of drug-likeness (QED) is 0.587. The maximum absolute atomic E-state index is 12.0. The van der Waals surface area contributed by atoms with Crippen LogP contribution >= 0.6 is 0 Å². The molecule has 0 saturated heterocycles. The van der Waals surface area contributed by atoms with E-state index in [1.54, 1.807) is 0 Å². The first kappa shape index (κ1) is 17.4. The van der Waals surface area contributed by atoms with Gasteiger partial charge in [-0.1, -0.05) is 19.8 Å². The summed E-state index contributed by atoms with van der Waals surface area (Å²) in [7, 11) is 0. The van der Waals surface area contributed by atoms with Crippen molar-refractivity contribution in [3.8, 4) is 0 Å². The van der Waals surface area contributed by atoms with Crippen molar-refractivity contribution in [2.45, 2.75) is 65.5 Å². The number of aliphatic hydroxyl groups excluding tert-OH is 1. The van der Waals surface area contributed by atoms with Crippen LogP contribution in [0.1, 0.15) is 53.4 Å². The smallest absolute Gasteiger partial charge is 0.237 e. The van der Waals surface area contributed by atoms with Crippen molar-refractivity contribution in [1.29, 1.82) is 0 Å². The molecule has 0 aromatic heterocycles. The number of amides is 1. The average Bonchev–Trinajstić information content (AvgIpc) is 2.34. The molecular formula is C14H30N2O2. The second-order valence-electron chi connectivity index (χ2n) is 5.08. The number of hydrogen-bond acceptors (Lipinski definition) is 3. The number of rotatable bonds is 10. The van der Waals surface area contributed by atoms with Gasteiger partial charge in [-0.2, -0.15) is 0 Å². The van der Waals surface area contributed by atoms with Crippen LogP contribution in [0.4, 0.5) is 0 Å². The largest absolute Gasteiger partial charge is 0.396 e. The van der Waals surface area contributed by atoms with Gasteiger partial charge in [-0.3, -0.25) is 9.69 Å². The second-order valence-corrected chi connectivity index (χ2v) is 5.08. The van der Waals surface area contributed by atoms with E-state index in [9.17, 15) is 4.79 Å². The molecule has 0 rings (SSSR count). The highest BCUT2D eigenvalue weighted by Gasteiger charge is 2.22. The molecule has 0 aliphatic carbocycles. The number of nitrogens with zero attached hydrogens (tertiary/aromatic N) is 1. The maximum atomic E-state index is 12.0. The minimum atomic E-state index is -0.127. The lowest BCUT2D eigenvalue weighted by molar-refractivity contribution is -0.126. The Morgan fingerprint density at radius 1 is 1.22 bits per heavy atom. The molecule has 0 bridgehead atoms. The summed E-state index contributed by atoms with van der Waals surface area (Å²) in [5.74, 6) is 0.0951. The molecule has 0 spiro atoms. The summed E-state index contributed by atoms with van der Waals surface area (Å²) in [6.07, 6.45) is 4.09. The summed E-state index contributed by atoms with van der Waals surface area (Å²) in [4.78, 5) is 14.1. The zero-order valence-corrected chi connectivity index (χ0v) is 12.4. The molecule has 0 heterocycles. The lowest BCUT2D eigenvalue weighted by atomic mass is 10.2. The van der Waals surface area contributed by atoms with E-state index in [0.29, 0.717) is 12.5 Å². The summed E-state index contributed by atoms with van der Waals surface area (Å²) in [6.45, 7) is 9.96. The summed E-state index contributed by atoms with van der Waals surface area (Å²) in [6, 6.07) is 0.186. The van der Waals surface area contributed by atoms with Gasteiger partial charge in [-0.05, 0) is 33.6 Å². The molecule has 0 fully saturated rings. The minimum absolute atomic E-state index is 0.0951. The molecular weight excluding hydrogens is 228 g/mol. The van der Waals surface area contributed by atoms with Gasteiger partial charge in [-0.15, -0.1) is 0 Å². The lowest BCUT2D eigenvalue weighted by Crippen LogP contribution is -2.48. The van der Waals surface area contributed by atoms with Crippen LogP contribution in [0.2, 0.25) is 0 Å². The SMILES string of the molecule is CCCCCNC(=O)C(C)N(CCCO)C(C)C. The molecule has 0 radical (unpaired) electrons. The Morgan fingerprint density at radius 2 is 1.89 bits per heavy atom. The maximum Gasteiger partial charge on any atom is 0.237 e. The number of aliphatic hydroxyl groups is 1. The fourth-order valence-electron chi connectivity index (χ4n) is 2.04. The normalized spacial score (nSPS) is 13.1. The molecule has 1 unspecified atom stereocenters. The number of carbonyl (C=O) groups excluding carboxylic acids is 1. The minimum Gasteiger partial charge on any atom is -0.396 e. The zero-order valence-electron chi connectivity index (χ0n) is 12.4. The van der Waals surface area contributed by atoms with Crippen molar-refractivity contribution in [3.05, 3.63) is 0 Å². The molecule has 0 saturated carbocycles. The molecule has 1 amide bonds. The molecule has 108 valence electrons. The summed E-state index contributed by atoms with van der Waals surface area (Å²) in [5, 5.41) is 11.9. The van der Waals surface area contributed by atoms with Crippen LogP contribution in [0.3, 0.4) is 0 Å². The standard InChI is InChI=1S/C14H30N2O2/c1-5-6-7-9-15-14(18)13(4)16(12(2)3)10-8-11-17/h12-13,17H,5-11H2,1-4H3,(H,15,18). The van der Waals surface area contributed by atoms with Crippen LogP contribution in [0, 0.1) is 0 Å². The van der Waals surface area contributed by atoms with E-state index in [2.05, 4.69) is 31.0 Å². The number of hydrogen-bond donors (Lipinski definition) is 2. The van der Waals surface area contributed by atoms with Crippen molar-refractivity contribution in [1.82, 2.24) is 10.2 Å². The van der Waals surface area contributed by atoms with Crippen LogP contribution in [0.25, 0.3) is 0 Å². The summed E-state index contributed by atoms with van der Waals surface area (Å²) >= 11 is 0. The van der Waals surface area contributed by atoms with E-state index < -0.39 is 0 Å². The van der Waals surface area contributed by atoms with Crippen LogP contribution in [0.15, 0.2) is 0 Å². The zero-order chi connectivity index (χ0) is 14.0. The van der Waals surface area contributed by atoms with Crippen molar-refractivity contribution < 1.29 is 9.90 Å². The average molecular weight is 258 g/mol. The molecule has 4 heteroatoms. The third-order valence-electron chi connectivity index (χ3n) is 3.19. The van der Waals surface area contributed by atoms with E-state index in [1.807, 2.05) is 6.92 Å². The van der Waals surface area contributed by atoms with Gasteiger partial charge in [0.05, 0.1) is 6.04 Å². The lowest BCUT2D eigenvalue weighted by Gasteiger charge is -2.31. The molecule has 2 N–H and O–H groups in total. The van der Waals surface area contributed by atoms with Crippen LogP contribution in [-0.2, 0) is 4.79 Å². The summed E-state index contributed by atoms with van der Waals surface area (Å²) in [5.41, 5.74) is 0. The van der Waals surface area contributed by atoms with Crippen LogP contribution in [0.5, 0.6) is 0 Å². The molecule has 0 aromatic rings. The van der Waals surface area contributed by atoms with Gasteiger partial charge < -0.3 is 10.4 Å². The predicted molar refractivity (Wildman–Crippen MR) is 75.5 cm³/mol. The Bertz CT molecular complexity index is 220. The van der Waals surface area contributed by atoms with E-state index in [-0.39, 0.29) is 18.6 Å². The Hall–Kier alpha value is -0.610. The first-order chi connectivity index (χ1) is 8.54. The first-order valence-corrected chi connectivity index (χ1v) is 7.18. The van der Waals surface area contributed by atoms with E-state index in [1.165, 1.54) is 6.42 Å². The van der Waals surface area contributed by atoms with E-state index >= 15 is 0 Å². The van der Waals surface area contributed by atoms with Gasteiger partial charge in [0.1, 0.15) is 0 Å². The second kappa shape index (κ2) is 10.3. The molecule has 4 nitrogen and oxygen atoms in total. The van der Waals surface area contributed by atoms with Crippen molar-refractivity contribution in [2.75, 3.05) is 19.7 Å². The molecule has 1 atom stereocenters. The first-order valence-electron chi connectivity index (χ1n) is 7.18. The van der Waals surface area contributed by atoms with E-state index in [0.717, 1.165) is 25.9 Å². The summed E-state index contributed by atoms with van der Waals surface area (Å²) < 4.78 is 0. The molecule has 0 aliphatic rings. The van der Waals surface area contributed by atoms with E-state index in [4.69, 9.17) is 5.11 Å². The number of nitrogens with one attached hydrogen (secondary N) is 1. The number of unbranched alkanes of at least 4 members (excludes halogenated alkanes) is 2. The van der Waals surface area contributed by atoms with Crippen LogP contribution in [-0.4, -0.2) is 47.7 Å². The van der Waals surface area contributed by atoms with Crippen molar-refractivity contribution in [3.63, 3.8) is 0 Å². The monoisotopic (exact) mass is 258 g/mol. The van der Waals surface area contributed by atoms with Crippen molar-refractivity contribution in [2.24, 2.45) is 0 Å². The fraction of sp³-hybridized carbons (Fsp3) is 0.929. The Kier molecular flexibility index (Phi) is 9.98. The third kappa shape index (κ3) is 6.97. The highest BCUT2D eigenvalue weighted by atomic mass is 16.3. The molecule has 0 aromatic carbocycles. The topological polar surface area (TPSA) is 52.6 Å². The van der Waals surface area contributed by atoms with Gasteiger partial charge in [0, 0.05) is 25.7 Å². The van der Waals surface area contributed by atoms with Gasteiger partial charge in [0.15, 0.2) is 0 Å². The predicted octanol–water partition coefficient (Wildman–Crippen LogP) is 1.77. The number of carbonyl (C=O) groups is 1. The van der Waals surface area contributed by atoms with Crippen LogP contribution < -0.4 is 5.32 Å². The highest BCUT2D eigenvalue weighted by Crippen LogP contribution is 2.06. The molecule has 18 heavy (non-hydrogen) atoms. The highest BCUT2D eigenvalue weighted by molar-refractivity contribution is 5.81. The van der Waals surface area contributed by atoms with Gasteiger partial charge in [0.25, 0.3) is 0 Å². The van der Waals surface area contributed by atoms with Gasteiger partial charge >= 0.3 is 0 Å². The third-order valence-corrected chi connectivity index (χ3v) is 3.19. The van der Waals surface area contributed by atoms with Gasteiger partial charge in [0.2, 0.25) is 5.91 Å².